The number of pyridine rings is 1. The molecule has 2 aliphatic rings. The van der Waals surface area contributed by atoms with Crippen LogP contribution >= 0.6 is 0 Å². The molecule has 0 spiro atoms. The third kappa shape index (κ3) is 5.40. The molecule has 2 aromatic rings. The highest BCUT2D eigenvalue weighted by atomic mass is 19.1. The van der Waals surface area contributed by atoms with Crippen LogP contribution in [0.2, 0.25) is 0 Å². The number of likely N-dealkylation sites (tertiary alicyclic amines) is 2. The largest absolute Gasteiger partial charge is 0.363 e. The second-order valence-corrected chi connectivity index (χ2v) is 10.2. The van der Waals surface area contributed by atoms with Gasteiger partial charge >= 0.3 is 0 Å². The number of rotatable bonds is 5. The van der Waals surface area contributed by atoms with Gasteiger partial charge in [-0.15, -0.1) is 0 Å². The van der Waals surface area contributed by atoms with Crippen LogP contribution in [0.1, 0.15) is 49.7 Å². The summed E-state index contributed by atoms with van der Waals surface area (Å²) in [7, 11) is 3.97. The molecule has 182 valence electrons. The number of amides is 2. The van der Waals surface area contributed by atoms with Crippen LogP contribution in [0.25, 0.3) is 0 Å². The summed E-state index contributed by atoms with van der Waals surface area (Å²) in [6.45, 7) is 4.74. The van der Waals surface area contributed by atoms with E-state index in [1.165, 1.54) is 17.7 Å². The standard InChI is InChI=1S/C27H35FN4O2/c1-27(11-15-31(16-12-27)25(33)17-20-6-8-23(28)9-7-20)26(34)32-14-4-5-22(19-32)21-10-13-29-24(18-21)30(2)3/h6-10,13,18,22H,4-5,11-12,14-17,19H2,1-3H3. The molecule has 4 rings (SSSR count). The van der Waals surface area contributed by atoms with Crippen molar-refractivity contribution in [1.29, 1.82) is 0 Å². The maximum atomic E-state index is 13.6. The zero-order chi connectivity index (χ0) is 24.3. The molecule has 2 aliphatic heterocycles. The van der Waals surface area contributed by atoms with E-state index in [9.17, 15) is 14.0 Å². The summed E-state index contributed by atoms with van der Waals surface area (Å²) >= 11 is 0. The summed E-state index contributed by atoms with van der Waals surface area (Å²) in [5, 5.41) is 0. The molecule has 0 bridgehead atoms. The SMILES string of the molecule is CN(C)c1cc(C2CCCN(C(=O)C3(C)CCN(C(=O)Cc4ccc(F)cc4)CC3)C2)ccn1. The van der Waals surface area contributed by atoms with Crippen molar-refractivity contribution < 1.29 is 14.0 Å². The topological polar surface area (TPSA) is 56.8 Å². The number of anilines is 1. The fraction of sp³-hybridized carbons (Fsp3) is 0.519. The van der Waals surface area contributed by atoms with Crippen LogP contribution in [-0.2, 0) is 16.0 Å². The van der Waals surface area contributed by atoms with E-state index < -0.39 is 5.41 Å². The first-order valence-corrected chi connectivity index (χ1v) is 12.2. The molecule has 2 amide bonds. The van der Waals surface area contributed by atoms with Gasteiger partial charge in [-0.25, -0.2) is 9.37 Å². The van der Waals surface area contributed by atoms with Gasteiger partial charge < -0.3 is 14.7 Å². The first-order valence-electron chi connectivity index (χ1n) is 12.2. The van der Waals surface area contributed by atoms with Crippen molar-refractivity contribution >= 4 is 17.6 Å². The van der Waals surface area contributed by atoms with Gasteiger partial charge in [-0.2, -0.15) is 0 Å². The van der Waals surface area contributed by atoms with Gasteiger partial charge in [0.2, 0.25) is 11.8 Å². The molecule has 1 aromatic carbocycles. The molecule has 0 radical (unpaired) electrons. The van der Waals surface area contributed by atoms with Crippen LogP contribution in [0, 0.1) is 11.2 Å². The minimum absolute atomic E-state index is 0.0357. The Bertz CT molecular complexity index is 1020. The zero-order valence-corrected chi connectivity index (χ0v) is 20.5. The van der Waals surface area contributed by atoms with Crippen LogP contribution in [0.3, 0.4) is 0 Å². The van der Waals surface area contributed by atoms with Crippen molar-refractivity contribution in [3.05, 3.63) is 59.5 Å². The van der Waals surface area contributed by atoms with Crippen LogP contribution in [0.15, 0.2) is 42.6 Å². The summed E-state index contributed by atoms with van der Waals surface area (Å²) in [6.07, 6.45) is 5.52. The quantitative estimate of drug-likeness (QED) is 0.672. The monoisotopic (exact) mass is 466 g/mol. The Morgan fingerprint density at radius 2 is 1.79 bits per heavy atom. The number of halogens is 1. The van der Waals surface area contributed by atoms with E-state index in [0.29, 0.717) is 31.8 Å². The molecule has 0 N–H and O–H groups in total. The van der Waals surface area contributed by atoms with Gasteiger partial charge in [0, 0.05) is 57.8 Å². The molecule has 0 aliphatic carbocycles. The van der Waals surface area contributed by atoms with Crippen LogP contribution in [0.5, 0.6) is 0 Å². The Labute approximate surface area is 201 Å². The number of hydrogen-bond acceptors (Lipinski definition) is 4. The lowest BCUT2D eigenvalue weighted by atomic mass is 9.78. The van der Waals surface area contributed by atoms with Gasteiger partial charge in [-0.1, -0.05) is 19.1 Å². The fourth-order valence-corrected chi connectivity index (χ4v) is 5.10. The number of piperidine rings is 2. The lowest BCUT2D eigenvalue weighted by Crippen LogP contribution is -2.52. The molecule has 2 saturated heterocycles. The summed E-state index contributed by atoms with van der Waals surface area (Å²) in [6, 6.07) is 10.3. The third-order valence-electron chi connectivity index (χ3n) is 7.41. The van der Waals surface area contributed by atoms with Crippen molar-refractivity contribution in [3.63, 3.8) is 0 Å². The van der Waals surface area contributed by atoms with Crippen molar-refractivity contribution in [2.45, 2.75) is 44.9 Å². The van der Waals surface area contributed by atoms with E-state index in [2.05, 4.69) is 24.0 Å². The second-order valence-electron chi connectivity index (χ2n) is 10.2. The van der Waals surface area contributed by atoms with Gasteiger partial charge in [0.1, 0.15) is 11.6 Å². The maximum absolute atomic E-state index is 13.6. The van der Waals surface area contributed by atoms with Gasteiger partial charge in [0.25, 0.3) is 0 Å². The summed E-state index contributed by atoms with van der Waals surface area (Å²) in [5.74, 6) is 1.20. The smallest absolute Gasteiger partial charge is 0.228 e. The van der Waals surface area contributed by atoms with Gasteiger partial charge in [-0.05, 0) is 61.1 Å². The Hall–Kier alpha value is -2.96. The molecule has 6 nitrogen and oxygen atoms in total. The highest BCUT2D eigenvalue weighted by Gasteiger charge is 2.41. The lowest BCUT2D eigenvalue weighted by molar-refractivity contribution is -0.148. The number of carbonyl (C=O) groups is 2. The molecule has 1 unspecified atom stereocenters. The number of carbonyl (C=O) groups excluding carboxylic acids is 2. The Kier molecular flexibility index (Phi) is 7.19. The van der Waals surface area contributed by atoms with Crippen molar-refractivity contribution in [1.82, 2.24) is 14.8 Å². The predicted octanol–water partition coefficient (Wildman–Crippen LogP) is 3.86. The van der Waals surface area contributed by atoms with Gasteiger partial charge in [0.05, 0.1) is 6.42 Å². The Morgan fingerprint density at radius 1 is 1.09 bits per heavy atom. The number of hydrogen-bond donors (Lipinski definition) is 0. The fourth-order valence-electron chi connectivity index (χ4n) is 5.10. The van der Waals surface area contributed by atoms with Crippen molar-refractivity contribution in [2.75, 3.05) is 45.2 Å². The minimum Gasteiger partial charge on any atom is -0.363 e. The average molecular weight is 467 g/mol. The highest BCUT2D eigenvalue weighted by molar-refractivity contribution is 5.84. The van der Waals surface area contributed by atoms with Gasteiger partial charge in [0.15, 0.2) is 0 Å². The molecule has 0 saturated carbocycles. The molecule has 3 heterocycles. The lowest BCUT2D eigenvalue weighted by Gasteiger charge is -2.43. The molecule has 1 atom stereocenters. The summed E-state index contributed by atoms with van der Waals surface area (Å²) in [4.78, 5) is 36.6. The Balaban J connectivity index is 1.35. The first-order chi connectivity index (χ1) is 16.2. The predicted molar refractivity (Wildman–Crippen MR) is 131 cm³/mol. The van der Waals surface area contributed by atoms with E-state index >= 15 is 0 Å². The first kappa shape index (κ1) is 24.2. The summed E-state index contributed by atoms with van der Waals surface area (Å²) < 4.78 is 13.1. The van der Waals surface area contributed by atoms with Crippen molar-refractivity contribution in [2.24, 2.45) is 5.41 Å². The molecule has 1 aromatic heterocycles. The number of nitrogens with zero attached hydrogens (tertiary/aromatic N) is 4. The zero-order valence-electron chi connectivity index (χ0n) is 20.5. The van der Waals surface area contributed by atoms with E-state index in [0.717, 1.165) is 37.3 Å². The Morgan fingerprint density at radius 3 is 2.47 bits per heavy atom. The molecular weight excluding hydrogens is 431 g/mol. The number of benzene rings is 1. The minimum atomic E-state index is -0.443. The van der Waals surface area contributed by atoms with E-state index in [1.807, 2.05) is 35.0 Å². The average Bonchev–Trinajstić information content (AvgIpc) is 2.85. The number of aromatic nitrogens is 1. The molecular formula is C27H35FN4O2. The van der Waals surface area contributed by atoms with Gasteiger partial charge in [-0.3, -0.25) is 9.59 Å². The maximum Gasteiger partial charge on any atom is 0.228 e. The van der Waals surface area contributed by atoms with Crippen molar-refractivity contribution in [3.8, 4) is 0 Å². The normalized spacial score (nSPS) is 20.2. The third-order valence-corrected chi connectivity index (χ3v) is 7.41. The molecule has 34 heavy (non-hydrogen) atoms. The summed E-state index contributed by atoms with van der Waals surface area (Å²) in [5.41, 5.74) is 1.60. The van der Waals surface area contributed by atoms with E-state index in [1.54, 1.807) is 12.1 Å². The highest BCUT2D eigenvalue weighted by Crippen LogP contribution is 2.36. The van der Waals surface area contributed by atoms with E-state index in [-0.39, 0.29) is 24.1 Å². The van der Waals surface area contributed by atoms with Crippen LogP contribution < -0.4 is 4.90 Å². The second kappa shape index (κ2) is 10.1. The van der Waals surface area contributed by atoms with Crippen LogP contribution in [-0.4, -0.2) is 66.9 Å². The van der Waals surface area contributed by atoms with Crippen LogP contribution in [0.4, 0.5) is 10.2 Å². The van der Waals surface area contributed by atoms with E-state index in [4.69, 9.17) is 0 Å². The molecule has 2 fully saturated rings. The molecule has 7 heteroatoms.